The van der Waals surface area contributed by atoms with E-state index in [1.54, 1.807) is 48.5 Å². The molecule has 0 atom stereocenters. The van der Waals surface area contributed by atoms with Gasteiger partial charge in [0.2, 0.25) is 0 Å². The van der Waals surface area contributed by atoms with Crippen molar-refractivity contribution in [3.8, 4) is 73.2 Å². The van der Waals surface area contributed by atoms with Gasteiger partial charge in [0, 0.05) is 43.8 Å². The summed E-state index contributed by atoms with van der Waals surface area (Å²) in [5.74, 6) is 0.452. The third-order valence-corrected chi connectivity index (χ3v) is 10.9. The Balaban J connectivity index is 1.08. The van der Waals surface area contributed by atoms with E-state index in [9.17, 15) is 1.37 Å². The maximum Gasteiger partial charge on any atom is 0.166 e. The molecule has 0 bridgehead atoms. The Kier molecular flexibility index (Phi) is 5.69. The maximum absolute atomic E-state index is 9.19. The average molecular weight is 807 g/mol. The lowest BCUT2D eigenvalue weighted by molar-refractivity contribution is 0.670. The molecule has 0 aliphatic carbocycles. The Morgan fingerprint density at radius 3 is 1.73 bits per heavy atom. The zero-order valence-electron chi connectivity index (χ0n) is 46.4. The normalized spacial score (nSPS) is 14.7. The highest BCUT2D eigenvalue weighted by atomic mass is 16.3. The van der Waals surface area contributed by atoms with Gasteiger partial charge >= 0.3 is 0 Å². The summed E-state index contributed by atoms with van der Waals surface area (Å²) < 4.78 is 131. The van der Waals surface area contributed by atoms with E-state index in [0.29, 0.717) is 27.9 Å². The minimum absolute atomic E-state index is 0.0118. The van der Waals surface area contributed by atoms with E-state index in [1.165, 1.54) is 10.6 Å². The van der Waals surface area contributed by atoms with E-state index in [-0.39, 0.29) is 91.0 Å². The van der Waals surface area contributed by atoms with Crippen molar-refractivity contribution in [1.82, 2.24) is 19.5 Å². The molecule has 0 aliphatic heterocycles. The molecule has 3 heterocycles. The van der Waals surface area contributed by atoms with Gasteiger partial charge in [-0.2, -0.15) is 0 Å². The predicted octanol–water partition coefficient (Wildman–Crippen LogP) is 14.9. The molecule has 0 amide bonds. The number of rotatable bonds is 7. The van der Waals surface area contributed by atoms with Crippen molar-refractivity contribution in [2.45, 2.75) is 0 Å². The van der Waals surface area contributed by atoms with Crippen LogP contribution in [0.15, 0.2) is 222 Å². The van der Waals surface area contributed by atoms with Gasteiger partial charge in [0.1, 0.15) is 11.2 Å². The zero-order valence-corrected chi connectivity index (χ0v) is 32.4. The van der Waals surface area contributed by atoms with Gasteiger partial charge in [0.25, 0.3) is 0 Å². The Bertz CT molecular complexity index is 4450. The van der Waals surface area contributed by atoms with Crippen molar-refractivity contribution >= 4 is 43.7 Å². The molecule has 0 radical (unpaired) electrons. The van der Waals surface area contributed by atoms with Crippen LogP contribution in [0.2, 0.25) is 0 Å². The SMILES string of the molecule is [2H]c1cc([2H])c2c(c1[2H])c1c([2H])c([2H])c([2H])c([2H])c1n2-c1ccccc1-c1nc(-c2ccc(-c3ccc(-c4ccccc4)cc3)cc2)nc(-c2cccc(-c3c([2H])c([2H])c([2H])c4c3oc3c([2H])c([2H])c([2H])c([2H])c34)c2)n1. The molecule has 290 valence electrons. The van der Waals surface area contributed by atoms with Crippen molar-refractivity contribution in [3.05, 3.63) is 218 Å². The van der Waals surface area contributed by atoms with E-state index in [4.69, 9.17) is 37.2 Å². The molecule has 5 nitrogen and oxygen atoms in total. The maximum atomic E-state index is 9.19. The highest BCUT2D eigenvalue weighted by Crippen LogP contribution is 2.39. The Morgan fingerprint density at radius 2 is 0.935 bits per heavy atom. The first-order valence-electron chi connectivity index (χ1n) is 26.7. The van der Waals surface area contributed by atoms with Crippen molar-refractivity contribution in [3.63, 3.8) is 0 Å². The van der Waals surface area contributed by atoms with Crippen LogP contribution in [-0.2, 0) is 0 Å². The Morgan fingerprint density at radius 1 is 0.371 bits per heavy atom. The highest BCUT2D eigenvalue weighted by molar-refractivity contribution is 6.10. The fraction of sp³-hybridized carbons (Fsp3) is 0. The van der Waals surface area contributed by atoms with Crippen molar-refractivity contribution in [1.29, 1.82) is 0 Å². The standard InChI is InChI=1S/C57H36N4O/c1-2-14-37(15-3-1)38-28-30-39(31-29-38)40-32-34-41(35-33-40)55-58-56(43-17-12-16-42(36-43)44-22-13-23-48-47-20-7-11-27-53(47)62-54(44)48)60-57(59-55)49-21-6-10-26-52(49)61-50-24-8-4-18-45(50)46-19-5-9-25-51(46)61/h1-36H/i4D,5D,7D,8D,11D,13D,18D,19D,20D,22D,23D,24D,25D,27D. The minimum Gasteiger partial charge on any atom is -0.455 e. The lowest BCUT2D eigenvalue weighted by atomic mass is 9.99. The Labute approximate surface area is 377 Å². The summed E-state index contributed by atoms with van der Waals surface area (Å²) in [6, 6.07) is 34.8. The number of hydrogen-bond acceptors (Lipinski definition) is 4. The molecule has 0 unspecified atom stereocenters. The van der Waals surface area contributed by atoms with Crippen LogP contribution < -0.4 is 0 Å². The summed E-state index contributed by atoms with van der Waals surface area (Å²) in [6.07, 6.45) is 0. The second-order valence-electron chi connectivity index (χ2n) is 14.5. The summed E-state index contributed by atoms with van der Waals surface area (Å²) in [4.78, 5) is 15.1. The van der Waals surface area contributed by atoms with E-state index in [2.05, 4.69) is 24.3 Å². The fourth-order valence-electron chi connectivity index (χ4n) is 7.96. The van der Waals surface area contributed by atoms with Crippen molar-refractivity contribution in [2.75, 3.05) is 0 Å². The second kappa shape index (κ2) is 14.7. The van der Waals surface area contributed by atoms with E-state index in [0.717, 1.165) is 22.3 Å². The molecule has 0 saturated carbocycles. The van der Waals surface area contributed by atoms with Crippen LogP contribution in [0.5, 0.6) is 0 Å². The summed E-state index contributed by atoms with van der Waals surface area (Å²) >= 11 is 0. The average Bonchev–Trinajstić information content (AvgIpc) is 4.16. The smallest absolute Gasteiger partial charge is 0.166 e. The van der Waals surface area contributed by atoms with Crippen molar-refractivity contribution < 1.29 is 23.6 Å². The van der Waals surface area contributed by atoms with Gasteiger partial charge < -0.3 is 8.98 Å². The Hall–Kier alpha value is -8.41. The summed E-state index contributed by atoms with van der Waals surface area (Å²) in [6.45, 7) is 0. The predicted molar refractivity (Wildman–Crippen MR) is 254 cm³/mol. The van der Waals surface area contributed by atoms with Crippen LogP contribution in [0, 0.1) is 0 Å². The summed E-state index contributed by atoms with van der Waals surface area (Å²) in [5, 5.41) is -0.125. The van der Waals surface area contributed by atoms with Gasteiger partial charge in [-0.25, -0.2) is 15.0 Å². The molecule has 0 spiro atoms. The lowest BCUT2D eigenvalue weighted by Gasteiger charge is -2.15. The minimum atomic E-state index is -0.537. The van der Waals surface area contributed by atoms with E-state index in [1.807, 2.05) is 54.6 Å². The van der Waals surface area contributed by atoms with Crippen LogP contribution in [-0.4, -0.2) is 19.5 Å². The monoisotopic (exact) mass is 806 g/mol. The molecule has 3 aromatic heterocycles. The first kappa shape index (κ1) is 24.0. The van der Waals surface area contributed by atoms with E-state index < -0.39 is 60.4 Å². The summed E-state index contributed by atoms with van der Waals surface area (Å²) in [5.41, 5.74) is 5.84. The first-order chi connectivity index (χ1) is 36.5. The number of hydrogen-bond donors (Lipinski definition) is 0. The number of aromatic nitrogens is 4. The molecule has 0 N–H and O–H groups in total. The fourth-order valence-corrected chi connectivity index (χ4v) is 7.96. The molecule has 0 aliphatic rings. The lowest BCUT2D eigenvalue weighted by Crippen LogP contribution is -2.03. The van der Waals surface area contributed by atoms with Crippen LogP contribution in [0.4, 0.5) is 0 Å². The number of fused-ring (bicyclic) bond motifs is 6. The number of benzene rings is 9. The molecule has 62 heavy (non-hydrogen) atoms. The second-order valence-corrected chi connectivity index (χ2v) is 14.5. The molecule has 12 rings (SSSR count). The molecule has 9 aromatic carbocycles. The number of para-hydroxylation sites is 5. The molecule has 0 fully saturated rings. The third-order valence-electron chi connectivity index (χ3n) is 10.9. The van der Waals surface area contributed by atoms with Crippen LogP contribution in [0.3, 0.4) is 0 Å². The van der Waals surface area contributed by atoms with Gasteiger partial charge in [-0.1, -0.05) is 182 Å². The van der Waals surface area contributed by atoms with Gasteiger partial charge in [-0.05, 0) is 64.1 Å². The first-order valence-corrected chi connectivity index (χ1v) is 19.7. The molecule has 5 heteroatoms. The zero-order chi connectivity index (χ0) is 53.2. The third kappa shape index (κ3) is 6.06. The van der Waals surface area contributed by atoms with Gasteiger partial charge in [-0.15, -0.1) is 0 Å². The number of furan rings is 1. The van der Waals surface area contributed by atoms with Crippen LogP contribution in [0.1, 0.15) is 19.2 Å². The van der Waals surface area contributed by atoms with Crippen LogP contribution in [0.25, 0.3) is 117 Å². The van der Waals surface area contributed by atoms with Crippen molar-refractivity contribution in [2.24, 2.45) is 0 Å². The van der Waals surface area contributed by atoms with Crippen LogP contribution >= 0.6 is 0 Å². The quantitative estimate of drug-likeness (QED) is 0.161. The largest absolute Gasteiger partial charge is 0.455 e. The molecule has 12 aromatic rings. The van der Waals surface area contributed by atoms with Gasteiger partial charge in [-0.3, -0.25) is 0 Å². The molecular formula is C57H36N4O. The van der Waals surface area contributed by atoms with Gasteiger partial charge in [0.15, 0.2) is 17.5 Å². The number of nitrogens with zero attached hydrogens (tertiary/aromatic N) is 4. The summed E-state index contributed by atoms with van der Waals surface area (Å²) in [7, 11) is 0. The molecule has 0 saturated heterocycles. The van der Waals surface area contributed by atoms with E-state index >= 15 is 0 Å². The molecular weight excluding hydrogens is 757 g/mol. The highest BCUT2D eigenvalue weighted by Gasteiger charge is 2.20. The van der Waals surface area contributed by atoms with Gasteiger partial charge in [0.05, 0.1) is 35.9 Å². The topological polar surface area (TPSA) is 56.7 Å².